The average Bonchev–Trinajstić information content (AvgIpc) is 3.12. The highest BCUT2D eigenvalue weighted by Gasteiger charge is 2.35. The average molecular weight is 426 g/mol. The molecular weight excluding hydrogens is 405 g/mol. The molecule has 0 amide bonds. The fourth-order valence-electron chi connectivity index (χ4n) is 3.52. The lowest BCUT2D eigenvalue weighted by Crippen LogP contribution is -2.32. The predicted molar refractivity (Wildman–Crippen MR) is 117 cm³/mol. The number of aromatic nitrogens is 2. The molecule has 154 valence electrons. The summed E-state index contributed by atoms with van der Waals surface area (Å²) < 4.78 is 20.0. The van der Waals surface area contributed by atoms with Crippen LogP contribution < -0.4 is 11.1 Å². The number of methoxy groups -OCH3 is 1. The quantitative estimate of drug-likeness (QED) is 0.490. The molecule has 4 rings (SSSR count). The number of hydrogen-bond acceptors (Lipinski definition) is 6. The Morgan fingerprint density at radius 3 is 2.90 bits per heavy atom. The summed E-state index contributed by atoms with van der Waals surface area (Å²) in [6.07, 6.45) is 2.24. The Morgan fingerprint density at radius 1 is 1.33 bits per heavy atom. The van der Waals surface area contributed by atoms with E-state index in [1.165, 1.54) is 12.4 Å². The molecular formula is C22H21ClFN5O. The van der Waals surface area contributed by atoms with E-state index in [0.29, 0.717) is 28.0 Å². The number of nitrogens with two attached hydrogens (primary N) is 1. The van der Waals surface area contributed by atoms with Crippen molar-refractivity contribution in [2.24, 2.45) is 0 Å². The fraction of sp³-hybridized carbons (Fsp3) is 0.273. The van der Waals surface area contributed by atoms with Crippen LogP contribution in [-0.2, 0) is 4.74 Å². The van der Waals surface area contributed by atoms with Crippen molar-refractivity contribution in [3.8, 4) is 11.8 Å². The Hall–Kier alpha value is -2.92. The molecule has 6 nitrogen and oxygen atoms in total. The van der Waals surface area contributed by atoms with Gasteiger partial charge in [-0.05, 0) is 31.3 Å². The zero-order valence-electron chi connectivity index (χ0n) is 16.7. The predicted octanol–water partition coefficient (Wildman–Crippen LogP) is 3.82. The Morgan fingerprint density at radius 2 is 2.17 bits per heavy atom. The van der Waals surface area contributed by atoms with Gasteiger partial charge in [0.15, 0.2) is 5.82 Å². The summed E-state index contributed by atoms with van der Waals surface area (Å²) in [7, 11) is 3.72. The number of nitrogen functional groups attached to an aromatic ring is 1. The number of anilines is 3. The van der Waals surface area contributed by atoms with E-state index in [-0.39, 0.29) is 10.7 Å². The molecule has 8 heteroatoms. The molecule has 2 aromatic carbocycles. The maximum Gasteiger partial charge on any atom is 0.165 e. The molecule has 1 atom stereocenters. The van der Waals surface area contributed by atoms with Gasteiger partial charge in [0.1, 0.15) is 17.7 Å². The first kappa shape index (κ1) is 20.4. The molecule has 2 heterocycles. The maximum absolute atomic E-state index is 14.3. The van der Waals surface area contributed by atoms with Crippen molar-refractivity contribution in [1.82, 2.24) is 14.9 Å². The van der Waals surface area contributed by atoms with Crippen LogP contribution in [0, 0.1) is 17.7 Å². The Balaban J connectivity index is 1.71. The van der Waals surface area contributed by atoms with Gasteiger partial charge < -0.3 is 20.7 Å². The second-order valence-corrected chi connectivity index (χ2v) is 7.75. The molecule has 1 aromatic heterocycles. The summed E-state index contributed by atoms with van der Waals surface area (Å²) in [6.45, 7) is 1.67. The van der Waals surface area contributed by atoms with Crippen molar-refractivity contribution in [2.45, 2.75) is 12.0 Å². The molecule has 3 N–H and O–H groups in total. The lowest BCUT2D eigenvalue weighted by Gasteiger charge is -2.20. The van der Waals surface area contributed by atoms with Gasteiger partial charge in [0.2, 0.25) is 0 Å². The second-order valence-electron chi connectivity index (χ2n) is 7.34. The van der Waals surface area contributed by atoms with Gasteiger partial charge in [0.25, 0.3) is 0 Å². The van der Waals surface area contributed by atoms with Crippen LogP contribution in [-0.4, -0.2) is 47.7 Å². The van der Waals surface area contributed by atoms with E-state index in [2.05, 4.69) is 32.0 Å². The first-order chi connectivity index (χ1) is 14.4. The number of benzene rings is 2. The van der Waals surface area contributed by atoms with Crippen LogP contribution in [0.25, 0.3) is 10.9 Å². The third-order valence-electron chi connectivity index (χ3n) is 5.25. The molecule has 3 aromatic rings. The maximum atomic E-state index is 14.3. The van der Waals surface area contributed by atoms with Crippen LogP contribution >= 0.6 is 11.6 Å². The third-order valence-corrected chi connectivity index (χ3v) is 5.54. The van der Waals surface area contributed by atoms with Crippen molar-refractivity contribution in [2.75, 3.05) is 38.3 Å². The van der Waals surface area contributed by atoms with E-state index in [1.54, 1.807) is 31.4 Å². The first-order valence-corrected chi connectivity index (χ1v) is 9.81. The van der Waals surface area contributed by atoms with Crippen molar-refractivity contribution in [3.63, 3.8) is 0 Å². The van der Waals surface area contributed by atoms with Crippen molar-refractivity contribution in [1.29, 1.82) is 0 Å². The zero-order valence-corrected chi connectivity index (χ0v) is 17.4. The number of likely N-dealkylation sites (tertiary alicyclic amines) is 1. The number of rotatable bonds is 3. The molecule has 30 heavy (non-hydrogen) atoms. The third kappa shape index (κ3) is 3.90. The van der Waals surface area contributed by atoms with Gasteiger partial charge in [0, 0.05) is 43.3 Å². The number of fused-ring (bicyclic) bond motifs is 1. The van der Waals surface area contributed by atoms with Crippen LogP contribution in [0.5, 0.6) is 0 Å². The number of nitrogens with zero attached hydrogens (tertiary/aromatic N) is 3. The highest BCUT2D eigenvalue weighted by Crippen LogP contribution is 2.30. The van der Waals surface area contributed by atoms with E-state index in [9.17, 15) is 4.39 Å². The van der Waals surface area contributed by atoms with Crippen LogP contribution in [0.15, 0.2) is 36.7 Å². The summed E-state index contributed by atoms with van der Waals surface area (Å²) in [6, 6.07) is 8.27. The number of nitrogens with one attached hydrogen (secondary N) is 1. The number of ether oxygens (including phenoxy) is 1. The van der Waals surface area contributed by atoms with Gasteiger partial charge in [-0.1, -0.05) is 29.5 Å². The minimum atomic E-state index is -0.548. The lowest BCUT2D eigenvalue weighted by atomic mass is 10.0. The monoisotopic (exact) mass is 425 g/mol. The van der Waals surface area contributed by atoms with Crippen LogP contribution in [0.1, 0.15) is 12.0 Å². The number of halogens is 2. The van der Waals surface area contributed by atoms with Gasteiger partial charge in [0.05, 0.1) is 16.2 Å². The zero-order chi connectivity index (χ0) is 21.3. The molecule has 0 aliphatic carbocycles. The molecule has 1 saturated heterocycles. The summed E-state index contributed by atoms with van der Waals surface area (Å²) >= 11 is 5.87. The summed E-state index contributed by atoms with van der Waals surface area (Å²) in [5.74, 6) is 6.29. The first-order valence-electron chi connectivity index (χ1n) is 9.43. The summed E-state index contributed by atoms with van der Waals surface area (Å²) in [4.78, 5) is 10.7. The van der Waals surface area contributed by atoms with Gasteiger partial charge in [-0.2, -0.15) is 0 Å². The summed E-state index contributed by atoms with van der Waals surface area (Å²) in [5, 5.41) is 3.65. The summed E-state index contributed by atoms with van der Waals surface area (Å²) in [5.41, 5.74) is 7.77. The van der Waals surface area contributed by atoms with Gasteiger partial charge in [-0.25, -0.2) is 14.4 Å². The van der Waals surface area contributed by atoms with Crippen LogP contribution in [0.4, 0.5) is 21.6 Å². The Bertz CT molecular complexity index is 1180. The SMILES string of the molecule is CO[C@]1(C#Cc2cc3ncnc(Nc4cccc(Cl)c4F)c3cc2N)CCN(C)C1. The lowest BCUT2D eigenvalue weighted by molar-refractivity contribution is 0.0509. The van der Waals surface area contributed by atoms with Crippen molar-refractivity contribution in [3.05, 3.63) is 53.1 Å². The number of likely N-dealkylation sites (N-methyl/N-ethyl adjacent to an activating group) is 1. The molecule has 0 spiro atoms. The van der Waals surface area contributed by atoms with Gasteiger partial charge >= 0.3 is 0 Å². The normalized spacial score (nSPS) is 18.9. The van der Waals surface area contributed by atoms with E-state index in [0.717, 1.165) is 19.5 Å². The van der Waals surface area contributed by atoms with Crippen LogP contribution in [0.2, 0.25) is 5.02 Å². The Kier molecular flexibility index (Phi) is 5.48. The van der Waals surface area contributed by atoms with Crippen molar-refractivity contribution < 1.29 is 9.13 Å². The molecule has 0 bridgehead atoms. The topological polar surface area (TPSA) is 76.3 Å². The van der Waals surface area contributed by atoms with Gasteiger partial charge in [-0.15, -0.1) is 0 Å². The largest absolute Gasteiger partial charge is 0.398 e. The smallest absolute Gasteiger partial charge is 0.165 e. The molecule has 1 aliphatic heterocycles. The number of hydrogen-bond donors (Lipinski definition) is 2. The Labute approximate surface area is 179 Å². The van der Waals surface area contributed by atoms with Gasteiger partial charge in [-0.3, -0.25) is 0 Å². The highest BCUT2D eigenvalue weighted by molar-refractivity contribution is 6.31. The molecule has 1 fully saturated rings. The molecule has 1 aliphatic rings. The second kappa shape index (κ2) is 8.07. The highest BCUT2D eigenvalue weighted by atomic mass is 35.5. The minimum absolute atomic E-state index is 0.0278. The standard InChI is InChI=1S/C22H21ClFN5O/c1-29-9-8-22(12-29,30-2)7-6-14-10-19-15(11-17(14)25)21(27-13-26-19)28-18-5-3-4-16(23)20(18)24/h3-5,10-11,13H,8-9,12,25H2,1-2H3,(H,26,27,28)/t22-/m1/s1. The molecule has 0 radical (unpaired) electrons. The van der Waals surface area contributed by atoms with Crippen LogP contribution in [0.3, 0.4) is 0 Å². The fourth-order valence-corrected chi connectivity index (χ4v) is 3.70. The molecule has 0 saturated carbocycles. The van der Waals surface area contributed by atoms with E-state index >= 15 is 0 Å². The van der Waals surface area contributed by atoms with Crippen molar-refractivity contribution >= 4 is 39.7 Å². The molecule has 0 unspecified atom stereocenters. The minimum Gasteiger partial charge on any atom is -0.398 e. The van der Waals surface area contributed by atoms with E-state index < -0.39 is 11.4 Å². The van der Waals surface area contributed by atoms with E-state index in [4.69, 9.17) is 22.1 Å². The van der Waals surface area contributed by atoms with E-state index in [1.807, 2.05) is 7.05 Å².